The van der Waals surface area contributed by atoms with E-state index in [9.17, 15) is 0 Å². The van der Waals surface area contributed by atoms with Crippen LogP contribution in [0, 0.1) is 0 Å². The molecule has 0 aliphatic carbocycles. The van der Waals surface area contributed by atoms with E-state index < -0.39 is 0 Å². The molecule has 0 amide bonds. The number of benzene rings is 3. The second-order valence-electron chi connectivity index (χ2n) is 5.47. The highest BCUT2D eigenvalue weighted by Crippen LogP contribution is 2.37. The van der Waals surface area contributed by atoms with Gasteiger partial charge in [0.05, 0.1) is 17.3 Å². The number of rotatable bonds is 6. The van der Waals surface area contributed by atoms with Gasteiger partial charge >= 0.3 is 0 Å². The fourth-order valence-electron chi connectivity index (χ4n) is 2.72. The highest BCUT2D eigenvalue weighted by atomic mass is 79.9. The van der Waals surface area contributed by atoms with E-state index in [4.69, 9.17) is 15.3 Å². The summed E-state index contributed by atoms with van der Waals surface area (Å²) in [5, 5.41) is 5.95. The van der Waals surface area contributed by atoms with E-state index in [2.05, 4.69) is 45.3 Å². The highest BCUT2D eigenvalue weighted by Gasteiger charge is 2.13. The molecule has 0 aromatic heterocycles. The number of halogens is 1. The van der Waals surface area contributed by atoms with E-state index in [1.165, 1.54) is 10.8 Å². The van der Waals surface area contributed by atoms with Gasteiger partial charge in [0.2, 0.25) is 0 Å². The fourth-order valence-corrected chi connectivity index (χ4v) is 3.29. The number of nitrogens with two attached hydrogens (primary N) is 1. The Labute approximate surface area is 155 Å². The molecule has 0 spiro atoms. The standard InChI is InChI=1S/C20H19BrN2O2/c1-2-24-19-11-14(12-23-22)10-18(21)20(19)25-13-16-8-5-7-15-6-3-4-9-17(15)16/h3-12H,2,13,22H2,1H3. The van der Waals surface area contributed by atoms with Gasteiger partial charge in [-0.15, -0.1) is 0 Å². The molecule has 0 aliphatic rings. The Morgan fingerprint density at radius 3 is 2.68 bits per heavy atom. The maximum atomic E-state index is 6.10. The molecule has 0 bridgehead atoms. The van der Waals surface area contributed by atoms with E-state index in [1.807, 2.05) is 37.3 Å². The number of ether oxygens (including phenoxy) is 2. The molecule has 0 saturated heterocycles. The smallest absolute Gasteiger partial charge is 0.175 e. The van der Waals surface area contributed by atoms with Crippen molar-refractivity contribution >= 4 is 32.9 Å². The van der Waals surface area contributed by atoms with Crippen molar-refractivity contribution in [2.24, 2.45) is 10.9 Å². The van der Waals surface area contributed by atoms with E-state index >= 15 is 0 Å². The van der Waals surface area contributed by atoms with Gasteiger partial charge in [-0.3, -0.25) is 0 Å². The quantitative estimate of drug-likeness (QED) is 0.366. The lowest BCUT2D eigenvalue weighted by atomic mass is 10.1. The van der Waals surface area contributed by atoms with Gasteiger partial charge in [-0.05, 0) is 56.9 Å². The normalized spacial score (nSPS) is 11.1. The molecule has 3 aromatic rings. The molecule has 128 valence electrons. The van der Waals surface area contributed by atoms with Crippen molar-refractivity contribution in [1.82, 2.24) is 0 Å². The maximum absolute atomic E-state index is 6.10. The summed E-state index contributed by atoms with van der Waals surface area (Å²) < 4.78 is 12.6. The summed E-state index contributed by atoms with van der Waals surface area (Å²) in [7, 11) is 0. The SMILES string of the molecule is CCOc1cc(C=NN)cc(Br)c1OCc1cccc2ccccc12. The Morgan fingerprint density at radius 2 is 1.88 bits per heavy atom. The van der Waals surface area contributed by atoms with Crippen molar-refractivity contribution in [1.29, 1.82) is 0 Å². The molecule has 3 aromatic carbocycles. The average molecular weight is 399 g/mol. The van der Waals surface area contributed by atoms with Gasteiger partial charge in [0.15, 0.2) is 11.5 Å². The van der Waals surface area contributed by atoms with Crippen LogP contribution in [0.5, 0.6) is 11.5 Å². The third-order valence-corrected chi connectivity index (χ3v) is 4.40. The number of hydrogen-bond donors (Lipinski definition) is 1. The summed E-state index contributed by atoms with van der Waals surface area (Å²) in [6.07, 6.45) is 1.57. The highest BCUT2D eigenvalue weighted by molar-refractivity contribution is 9.10. The van der Waals surface area contributed by atoms with Crippen LogP contribution in [0.25, 0.3) is 10.8 Å². The first-order chi connectivity index (χ1) is 12.2. The van der Waals surface area contributed by atoms with E-state index in [1.54, 1.807) is 6.21 Å². The van der Waals surface area contributed by atoms with Crippen LogP contribution in [-0.4, -0.2) is 12.8 Å². The first kappa shape index (κ1) is 17.3. The minimum Gasteiger partial charge on any atom is -0.490 e. The van der Waals surface area contributed by atoms with Crippen LogP contribution >= 0.6 is 15.9 Å². The van der Waals surface area contributed by atoms with Gasteiger partial charge in [-0.25, -0.2) is 0 Å². The van der Waals surface area contributed by atoms with Crippen LogP contribution in [0.3, 0.4) is 0 Å². The third-order valence-electron chi connectivity index (χ3n) is 3.81. The average Bonchev–Trinajstić information content (AvgIpc) is 2.61. The molecule has 2 N–H and O–H groups in total. The minimum atomic E-state index is 0.449. The third kappa shape index (κ3) is 3.94. The zero-order valence-electron chi connectivity index (χ0n) is 13.9. The molecule has 0 radical (unpaired) electrons. The lowest BCUT2D eigenvalue weighted by Gasteiger charge is -2.15. The largest absolute Gasteiger partial charge is 0.490 e. The molecule has 0 atom stereocenters. The molecule has 0 aliphatic heterocycles. The van der Waals surface area contributed by atoms with Crippen molar-refractivity contribution in [3.05, 3.63) is 70.2 Å². The maximum Gasteiger partial charge on any atom is 0.175 e. The van der Waals surface area contributed by atoms with Gasteiger partial charge in [-0.1, -0.05) is 42.5 Å². The van der Waals surface area contributed by atoms with Gasteiger partial charge in [0.25, 0.3) is 0 Å². The molecule has 0 saturated carbocycles. The van der Waals surface area contributed by atoms with Gasteiger partial charge < -0.3 is 15.3 Å². The van der Waals surface area contributed by atoms with Crippen molar-refractivity contribution < 1.29 is 9.47 Å². The number of nitrogens with zero attached hydrogens (tertiary/aromatic N) is 1. The van der Waals surface area contributed by atoms with Crippen LogP contribution in [-0.2, 0) is 6.61 Å². The Balaban J connectivity index is 1.91. The van der Waals surface area contributed by atoms with Crippen molar-refractivity contribution in [3.8, 4) is 11.5 Å². The summed E-state index contributed by atoms with van der Waals surface area (Å²) in [5.74, 6) is 6.57. The van der Waals surface area contributed by atoms with Crippen LogP contribution in [0.2, 0.25) is 0 Å². The molecule has 0 heterocycles. The molecule has 0 unspecified atom stereocenters. The summed E-state index contributed by atoms with van der Waals surface area (Å²) in [5.41, 5.74) is 1.97. The van der Waals surface area contributed by atoms with E-state index in [0.29, 0.717) is 24.7 Å². The Morgan fingerprint density at radius 1 is 1.08 bits per heavy atom. The van der Waals surface area contributed by atoms with Crippen molar-refractivity contribution in [2.75, 3.05) is 6.61 Å². The lowest BCUT2D eigenvalue weighted by Crippen LogP contribution is -2.02. The topological polar surface area (TPSA) is 56.8 Å². The van der Waals surface area contributed by atoms with Crippen LogP contribution < -0.4 is 15.3 Å². The molecule has 3 rings (SSSR count). The zero-order valence-corrected chi connectivity index (χ0v) is 15.5. The summed E-state index contributed by atoms with van der Waals surface area (Å²) >= 11 is 3.55. The van der Waals surface area contributed by atoms with Crippen LogP contribution in [0.1, 0.15) is 18.1 Å². The molecular formula is C20H19BrN2O2. The Hall–Kier alpha value is -2.53. The summed E-state index contributed by atoms with van der Waals surface area (Å²) in [6.45, 7) is 2.93. The first-order valence-corrected chi connectivity index (χ1v) is 8.81. The van der Waals surface area contributed by atoms with E-state index in [0.717, 1.165) is 15.6 Å². The minimum absolute atomic E-state index is 0.449. The predicted octanol–water partition coefficient (Wildman–Crippen LogP) is 4.87. The van der Waals surface area contributed by atoms with E-state index in [-0.39, 0.29) is 0 Å². The number of hydrazone groups is 1. The van der Waals surface area contributed by atoms with Gasteiger partial charge in [-0.2, -0.15) is 5.10 Å². The lowest BCUT2D eigenvalue weighted by molar-refractivity contribution is 0.268. The Bertz CT molecular complexity index is 904. The second kappa shape index (κ2) is 8.03. The summed E-state index contributed by atoms with van der Waals surface area (Å²) in [4.78, 5) is 0. The second-order valence-corrected chi connectivity index (χ2v) is 6.32. The van der Waals surface area contributed by atoms with Crippen molar-refractivity contribution in [3.63, 3.8) is 0 Å². The number of fused-ring (bicyclic) bond motifs is 1. The van der Waals surface area contributed by atoms with Crippen LogP contribution in [0.4, 0.5) is 0 Å². The molecule has 5 heteroatoms. The fraction of sp³-hybridized carbons (Fsp3) is 0.150. The first-order valence-electron chi connectivity index (χ1n) is 8.02. The molecule has 4 nitrogen and oxygen atoms in total. The Kier molecular flexibility index (Phi) is 5.56. The number of hydrogen-bond acceptors (Lipinski definition) is 4. The predicted molar refractivity (Wildman–Crippen MR) is 105 cm³/mol. The molecular weight excluding hydrogens is 380 g/mol. The van der Waals surface area contributed by atoms with Crippen molar-refractivity contribution in [2.45, 2.75) is 13.5 Å². The monoisotopic (exact) mass is 398 g/mol. The summed E-state index contributed by atoms with van der Waals surface area (Å²) in [6, 6.07) is 18.3. The van der Waals surface area contributed by atoms with Gasteiger partial charge in [0.1, 0.15) is 6.61 Å². The van der Waals surface area contributed by atoms with Gasteiger partial charge in [0, 0.05) is 0 Å². The van der Waals surface area contributed by atoms with Crippen LogP contribution in [0.15, 0.2) is 64.2 Å². The zero-order chi connectivity index (χ0) is 17.6. The molecule has 25 heavy (non-hydrogen) atoms. The molecule has 0 fully saturated rings.